The smallest absolute Gasteiger partial charge is 0.144 e. The molecule has 0 amide bonds. The normalized spacial score (nSPS) is 31.2. The third kappa shape index (κ3) is 1.82. The van der Waals surface area contributed by atoms with E-state index in [-0.39, 0.29) is 0 Å². The third-order valence-electron chi connectivity index (χ3n) is 5.23. The zero-order chi connectivity index (χ0) is 12.8. The lowest BCUT2D eigenvalue weighted by Gasteiger charge is -2.24. The van der Waals surface area contributed by atoms with Gasteiger partial charge in [0.2, 0.25) is 0 Å². The summed E-state index contributed by atoms with van der Waals surface area (Å²) in [6.07, 6.45) is 8.77. The summed E-state index contributed by atoms with van der Waals surface area (Å²) in [4.78, 5) is 4.74. The minimum absolute atomic E-state index is 0.554. The number of rotatable bonds is 2. The van der Waals surface area contributed by atoms with Crippen molar-refractivity contribution < 1.29 is 0 Å². The number of nitrogens with zero attached hydrogens (tertiary/aromatic N) is 2. The first-order valence-corrected chi connectivity index (χ1v) is 7.53. The van der Waals surface area contributed by atoms with E-state index in [1.54, 1.807) is 0 Å². The third-order valence-corrected chi connectivity index (χ3v) is 5.23. The van der Waals surface area contributed by atoms with Crippen molar-refractivity contribution in [1.29, 1.82) is 5.26 Å². The summed E-state index contributed by atoms with van der Waals surface area (Å²) < 4.78 is 0. The summed E-state index contributed by atoms with van der Waals surface area (Å²) in [6.45, 7) is 0. The number of nitriles is 1. The van der Waals surface area contributed by atoms with Crippen molar-refractivity contribution in [3.8, 4) is 6.07 Å². The van der Waals surface area contributed by atoms with Crippen LogP contribution in [0.2, 0.25) is 0 Å². The van der Waals surface area contributed by atoms with Gasteiger partial charge in [0, 0.05) is 11.7 Å². The minimum Gasteiger partial charge on any atom is -0.366 e. The van der Waals surface area contributed by atoms with Gasteiger partial charge in [-0.3, -0.25) is 0 Å². The van der Waals surface area contributed by atoms with Gasteiger partial charge in [-0.25, -0.2) is 4.98 Å². The second kappa shape index (κ2) is 4.23. The maximum absolute atomic E-state index is 9.33. The fraction of sp³-hybridized carbons (Fsp3) is 0.625. The number of aromatic nitrogens is 1. The van der Waals surface area contributed by atoms with E-state index in [4.69, 9.17) is 4.98 Å². The van der Waals surface area contributed by atoms with Crippen LogP contribution in [0.5, 0.6) is 0 Å². The Kier molecular flexibility index (Phi) is 2.51. The van der Waals surface area contributed by atoms with Gasteiger partial charge in [-0.05, 0) is 62.0 Å². The van der Waals surface area contributed by atoms with E-state index >= 15 is 0 Å². The van der Waals surface area contributed by atoms with E-state index in [2.05, 4.69) is 17.5 Å². The van der Waals surface area contributed by atoms with Gasteiger partial charge in [0.15, 0.2) is 0 Å². The van der Waals surface area contributed by atoms with Gasteiger partial charge in [0.25, 0.3) is 0 Å². The Morgan fingerprint density at radius 2 is 2.21 bits per heavy atom. The van der Waals surface area contributed by atoms with Crippen LogP contribution >= 0.6 is 0 Å². The van der Waals surface area contributed by atoms with Gasteiger partial charge in [0.05, 0.1) is 5.56 Å². The number of fused-ring (bicyclic) bond motifs is 3. The van der Waals surface area contributed by atoms with Crippen molar-refractivity contribution in [2.75, 3.05) is 5.32 Å². The molecule has 0 radical (unpaired) electrons. The van der Waals surface area contributed by atoms with Crippen molar-refractivity contribution in [3.63, 3.8) is 0 Å². The van der Waals surface area contributed by atoms with Gasteiger partial charge < -0.3 is 5.32 Å². The molecule has 98 valence electrons. The summed E-state index contributed by atoms with van der Waals surface area (Å²) >= 11 is 0. The molecule has 3 aliphatic rings. The van der Waals surface area contributed by atoms with Crippen molar-refractivity contribution in [2.45, 2.75) is 51.0 Å². The highest BCUT2D eigenvalue weighted by molar-refractivity contribution is 5.55. The monoisotopic (exact) mass is 253 g/mol. The number of pyridine rings is 1. The number of nitrogens with one attached hydrogen (secondary N) is 1. The van der Waals surface area contributed by atoms with Crippen LogP contribution in [-0.2, 0) is 12.8 Å². The standard InChI is InChI=1S/C16H19N3/c17-9-13-8-11-2-1-3-14(11)18-16(13)19-15-7-10-4-5-12(15)6-10/h8,10,12,15H,1-7H2,(H,18,19). The van der Waals surface area contributed by atoms with Crippen LogP contribution in [0, 0.1) is 23.2 Å². The van der Waals surface area contributed by atoms with Crippen LogP contribution < -0.4 is 5.32 Å². The number of aryl methyl sites for hydroxylation is 2. The molecule has 0 saturated heterocycles. The predicted molar refractivity (Wildman–Crippen MR) is 73.8 cm³/mol. The van der Waals surface area contributed by atoms with E-state index in [1.807, 2.05) is 0 Å². The minimum atomic E-state index is 0.554. The number of hydrogen-bond donors (Lipinski definition) is 1. The molecule has 1 heterocycles. The Balaban J connectivity index is 1.62. The first-order chi connectivity index (χ1) is 9.33. The Morgan fingerprint density at radius 1 is 1.26 bits per heavy atom. The number of hydrogen-bond acceptors (Lipinski definition) is 3. The Bertz CT molecular complexity index is 558. The number of anilines is 1. The predicted octanol–water partition coefficient (Wildman–Crippen LogP) is 3.04. The Labute approximate surface area is 114 Å². The maximum atomic E-state index is 9.33. The Hall–Kier alpha value is -1.56. The van der Waals surface area contributed by atoms with Crippen molar-refractivity contribution >= 4 is 5.82 Å². The fourth-order valence-corrected chi connectivity index (χ4v) is 4.26. The van der Waals surface area contributed by atoms with Crippen LogP contribution in [0.25, 0.3) is 0 Å². The van der Waals surface area contributed by atoms with Gasteiger partial charge in [-0.1, -0.05) is 6.42 Å². The first kappa shape index (κ1) is 11.3. The Morgan fingerprint density at radius 3 is 2.95 bits per heavy atom. The van der Waals surface area contributed by atoms with Crippen LogP contribution in [0.3, 0.4) is 0 Å². The van der Waals surface area contributed by atoms with E-state index in [0.717, 1.165) is 36.1 Å². The molecule has 3 unspecified atom stereocenters. The molecule has 2 fully saturated rings. The largest absolute Gasteiger partial charge is 0.366 e. The summed E-state index contributed by atoms with van der Waals surface area (Å²) in [5, 5.41) is 12.9. The first-order valence-electron chi connectivity index (χ1n) is 7.53. The second-order valence-electron chi connectivity index (χ2n) is 6.38. The van der Waals surface area contributed by atoms with Gasteiger partial charge >= 0.3 is 0 Å². The molecule has 1 aromatic rings. The van der Waals surface area contributed by atoms with Crippen LogP contribution in [0.4, 0.5) is 5.82 Å². The topological polar surface area (TPSA) is 48.7 Å². The highest BCUT2D eigenvalue weighted by Gasteiger charge is 2.39. The molecule has 3 aliphatic carbocycles. The molecule has 0 aromatic carbocycles. The molecular formula is C16H19N3. The van der Waals surface area contributed by atoms with E-state index in [9.17, 15) is 5.26 Å². The molecule has 3 nitrogen and oxygen atoms in total. The van der Waals surface area contributed by atoms with E-state index in [1.165, 1.54) is 43.4 Å². The zero-order valence-electron chi connectivity index (χ0n) is 11.2. The zero-order valence-corrected chi connectivity index (χ0v) is 11.2. The van der Waals surface area contributed by atoms with Crippen LogP contribution in [0.1, 0.15) is 48.9 Å². The molecule has 2 saturated carbocycles. The summed E-state index contributed by atoms with van der Waals surface area (Å²) in [5.41, 5.74) is 3.24. The molecule has 1 aromatic heterocycles. The maximum Gasteiger partial charge on any atom is 0.144 e. The fourth-order valence-electron chi connectivity index (χ4n) is 4.26. The highest BCUT2D eigenvalue weighted by Crippen LogP contribution is 2.45. The molecular weight excluding hydrogens is 234 g/mol. The summed E-state index contributed by atoms with van der Waals surface area (Å²) in [6, 6.07) is 4.93. The average Bonchev–Trinajstić information content (AvgIpc) is 3.12. The average molecular weight is 253 g/mol. The van der Waals surface area contributed by atoms with Gasteiger partial charge in [0.1, 0.15) is 11.9 Å². The lowest BCUT2D eigenvalue weighted by Crippen LogP contribution is -2.27. The second-order valence-corrected chi connectivity index (χ2v) is 6.38. The van der Waals surface area contributed by atoms with E-state index < -0.39 is 0 Å². The molecule has 3 atom stereocenters. The van der Waals surface area contributed by atoms with Crippen molar-refractivity contribution in [2.24, 2.45) is 11.8 Å². The summed E-state index contributed by atoms with van der Waals surface area (Å²) in [5.74, 6) is 2.58. The molecule has 1 N–H and O–H groups in total. The SMILES string of the molecule is N#Cc1cc2c(nc1NC1CC3CCC1C3)CCC2. The molecule has 0 spiro atoms. The van der Waals surface area contributed by atoms with Crippen molar-refractivity contribution in [1.82, 2.24) is 4.98 Å². The molecule has 2 bridgehead atoms. The lowest BCUT2D eigenvalue weighted by molar-refractivity contribution is 0.439. The van der Waals surface area contributed by atoms with Gasteiger partial charge in [-0.2, -0.15) is 5.26 Å². The lowest BCUT2D eigenvalue weighted by atomic mass is 9.95. The van der Waals surface area contributed by atoms with Crippen LogP contribution in [-0.4, -0.2) is 11.0 Å². The molecule has 4 rings (SSSR count). The molecule has 3 heteroatoms. The quantitative estimate of drug-likeness (QED) is 0.881. The van der Waals surface area contributed by atoms with Crippen LogP contribution in [0.15, 0.2) is 6.07 Å². The molecule has 0 aliphatic heterocycles. The highest BCUT2D eigenvalue weighted by atomic mass is 15.0. The van der Waals surface area contributed by atoms with E-state index in [0.29, 0.717) is 6.04 Å². The molecule has 19 heavy (non-hydrogen) atoms. The summed E-state index contributed by atoms with van der Waals surface area (Å²) in [7, 11) is 0. The van der Waals surface area contributed by atoms with Gasteiger partial charge in [-0.15, -0.1) is 0 Å². The van der Waals surface area contributed by atoms with Crippen molar-refractivity contribution in [3.05, 3.63) is 22.9 Å².